The third-order valence-electron chi connectivity index (χ3n) is 11.2. The second-order valence-electron chi connectivity index (χ2n) is 16.4. The summed E-state index contributed by atoms with van der Waals surface area (Å²) in [6.07, 6.45) is 2.69. The summed E-state index contributed by atoms with van der Waals surface area (Å²) in [6, 6.07) is 23.2. The van der Waals surface area contributed by atoms with Crippen molar-refractivity contribution in [2.75, 3.05) is 31.9 Å². The van der Waals surface area contributed by atoms with Crippen molar-refractivity contribution in [2.24, 2.45) is 14.1 Å². The van der Waals surface area contributed by atoms with Crippen LogP contribution in [-0.2, 0) is 54.6 Å². The first kappa shape index (κ1) is 53.5. The van der Waals surface area contributed by atoms with Crippen LogP contribution in [0.2, 0.25) is 0 Å². The lowest BCUT2D eigenvalue weighted by molar-refractivity contribution is 0.101. The van der Waals surface area contributed by atoms with Crippen molar-refractivity contribution >= 4 is 126 Å². The Labute approximate surface area is 430 Å². The van der Waals surface area contributed by atoms with Gasteiger partial charge in [-0.25, -0.2) is 38.5 Å². The van der Waals surface area contributed by atoms with Crippen LogP contribution in [0.3, 0.4) is 0 Å². The van der Waals surface area contributed by atoms with Gasteiger partial charge in [-0.3, -0.25) is 19.2 Å². The van der Waals surface area contributed by atoms with Gasteiger partial charge in [-0.2, -0.15) is 0 Å². The number of aromatic nitrogens is 2. The standard InChI is InChI=1S/C47H38N8O17S4/c1-54-23-29(21-37(54)45(58)52-35-17-15-31-33(41(35)75(67,68)69)11-5-13-39(31)73(61,62)63)48-43(56)25-7-3-9-27(19-25)50-47(60)51-28-10-4-8-26(20-28)44(57)49-30-22-38(55(2)24-30)46(59)53-36-18-16-32-34(42(36)76(70,71)72)12-6-14-40(32)74(64,65)66/h3-24H,1-2H3,(H,48,56)(H,49,57)(H,52,58)(H,53,59)(H2,50,51,60)(H,61,62,63)(H,64,65,66)(H,67,68,69)(H,70,71,72)/p-4. The summed E-state index contributed by atoms with van der Waals surface area (Å²) in [7, 11) is -18.1. The van der Waals surface area contributed by atoms with E-state index in [0.29, 0.717) is 0 Å². The molecular weight excluding hydrogens is 1080 g/mol. The van der Waals surface area contributed by atoms with Crippen molar-refractivity contribution in [1.29, 1.82) is 0 Å². The average molecular weight is 1110 g/mol. The van der Waals surface area contributed by atoms with E-state index in [-0.39, 0.29) is 56.0 Å². The molecule has 0 aliphatic rings. The highest BCUT2D eigenvalue weighted by molar-refractivity contribution is 7.87. The zero-order valence-electron chi connectivity index (χ0n) is 38.7. The largest absolute Gasteiger partial charge is 0.744 e. The zero-order valence-corrected chi connectivity index (χ0v) is 41.9. The molecule has 0 fully saturated rings. The van der Waals surface area contributed by atoms with E-state index in [2.05, 4.69) is 31.9 Å². The van der Waals surface area contributed by atoms with Crippen molar-refractivity contribution in [2.45, 2.75) is 19.6 Å². The van der Waals surface area contributed by atoms with Gasteiger partial charge in [0.2, 0.25) is 0 Å². The van der Waals surface area contributed by atoms with Gasteiger partial charge in [0.25, 0.3) is 23.6 Å². The molecule has 25 nitrogen and oxygen atoms in total. The van der Waals surface area contributed by atoms with E-state index in [4.69, 9.17) is 0 Å². The van der Waals surface area contributed by atoms with E-state index in [1.807, 2.05) is 0 Å². The van der Waals surface area contributed by atoms with Crippen molar-refractivity contribution < 1.29 is 75.9 Å². The number of carbonyl (C=O) groups is 5. The van der Waals surface area contributed by atoms with Gasteiger partial charge in [-0.15, -0.1) is 0 Å². The molecule has 392 valence electrons. The topological polar surface area (TPSA) is 396 Å². The molecule has 8 rings (SSSR count). The van der Waals surface area contributed by atoms with Crippen molar-refractivity contribution in [3.8, 4) is 0 Å². The van der Waals surface area contributed by atoms with E-state index >= 15 is 0 Å². The van der Waals surface area contributed by atoms with E-state index in [1.54, 1.807) is 0 Å². The highest BCUT2D eigenvalue weighted by Gasteiger charge is 2.24. The van der Waals surface area contributed by atoms with Crippen LogP contribution in [0.25, 0.3) is 21.5 Å². The monoisotopic (exact) mass is 1110 g/mol. The van der Waals surface area contributed by atoms with Crippen molar-refractivity contribution in [3.05, 3.63) is 156 Å². The Morgan fingerprint density at radius 3 is 1.11 bits per heavy atom. The second kappa shape index (κ2) is 20.1. The molecule has 2 heterocycles. The summed E-state index contributed by atoms with van der Waals surface area (Å²) in [5.41, 5.74) is -0.748. The third kappa shape index (κ3) is 11.4. The summed E-state index contributed by atoms with van der Waals surface area (Å²) in [6.45, 7) is 0. The van der Waals surface area contributed by atoms with Gasteiger partial charge in [-0.1, -0.05) is 48.5 Å². The van der Waals surface area contributed by atoms with Gasteiger partial charge in [0.1, 0.15) is 51.9 Å². The number of nitrogens with zero attached hydrogens (tertiary/aromatic N) is 2. The van der Waals surface area contributed by atoms with Crippen molar-refractivity contribution in [3.63, 3.8) is 0 Å². The van der Waals surface area contributed by atoms with Crippen molar-refractivity contribution in [1.82, 2.24) is 9.13 Å². The van der Waals surface area contributed by atoms with Crippen LogP contribution in [0.5, 0.6) is 0 Å². The Balaban J connectivity index is 0.893. The highest BCUT2D eigenvalue weighted by atomic mass is 32.2. The Morgan fingerprint density at radius 2 is 0.750 bits per heavy atom. The fraction of sp³-hybridized carbons (Fsp3) is 0.0426. The molecule has 2 aromatic heterocycles. The minimum atomic E-state index is -5.37. The normalized spacial score (nSPS) is 12.0. The van der Waals surface area contributed by atoms with Gasteiger partial charge >= 0.3 is 6.03 Å². The number of benzene rings is 6. The van der Waals surface area contributed by atoms with Crippen LogP contribution in [0, 0.1) is 0 Å². The molecule has 0 aliphatic carbocycles. The lowest BCUT2D eigenvalue weighted by Gasteiger charge is -2.19. The minimum absolute atomic E-state index is 0.0393. The second-order valence-corrected chi connectivity index (χ2v) is 21.7. The summed E-state index contributed by atoms with van der Waals surface area (Å²) in [4.78, 5) is 63.1. The van der Waals surface area contributed by atoms with Gasteiger partial charge in [0.05, 0.1) is 42.3 Å². The lowest BCUT2D eigenvalue weighted by Crippen LogP contribution is -2.20. The van der Waals surface area contributed by atoms with Gasteiger partial charge in [0.15, 0.2) is 0 Å². The van der Waals surface area contributed by atoms with Crippen LogP contribution < -0.4 is 31.9 Å². The Hall–Kier alpha value is -8.81. The molecule has 6 N–H and O–H groups in total. The molecule has 0 bridgehead atoms. The lowest BCUT2D eigenvalue weighted by atomic mass is 10.1. The predicted molar refractivity (Wildman–Crippen MR) is 268 cm³/mol. The predicted octanol–water partition coefficient (Wildman–Crippen LogP) is 4.94. The van der Waals surface area contributed by atoms with Crippen LogP contribution in [-0.4, -0.2) is 90.7 Å². The number of nitrogens with one attached hydrogen (secondary N) is 6. The Kier molecular flexibility index (Phi) is 14.2. The van der Waals surface area contributed by atoms with Crippen LogP contribution in [0.1, 0.15) is 41.7 Å². The van der Waals surface area contributed by atoms with Crippen LogP contribution >= 0.6 is 0 Å². The maximum absolute atomic E-state index is 13.4. The van der Waals surface area contributed by atoms with E-state index in [1.165, 1.54) is 96.3 Å². The molecule has 0 saturated heterocycles. The molecule has 29 heteroatoms. The molecule has 6 amide bonds. The number of rotatable bonds is 14. The summed E-state index contributed by atoms with van der Waals surface area (Å²) >= 11 is 0. The van der Waals surface area contributed by atoms with E-state index in [0.717, 1.165) is 60.7 Å². The number of fused-ring (bicyclic) bond motifs is 2. The smallest absolute Gasteiger partial charge is 0.323 e. The van der Waals surface area contributed by atoms with E-state index < -0.39 is 112 Å². The fourth-order valence-electron chi connectivity index (χ4n) is 8.04. The first-order chi connectivity index (χ1) is 35.6. The molecular formula is C47H34N8O17S4-4. The molecule has 0 atom stereocenters. The number of amides is 6. The Bertz CT molecular complexity index is 4000. The molecule has 0 unspecified atom stereocenters. The summed E-state index contributed by atoms with van der Waals surface area (Å²) < 4.78 is 148. The highest BCUT2D eigenvalue weighted by Crippen LogP contribution is 2.36. The van der Waals surface area contributed by atoms with Crippen LogP contribution in [0.4, 0.5) is 38.9 Å². The van der Waals surface area contributed by atoms with Crippen LogP contribution in [0.15, 0.2) is 153 Å². The third-order valence-corrected chi connectivity index (χ3v) is 14.9. The molecule has 6 aromatic carbocycles. The number of aryl methyl sites for hydroxylation is 2. The quantitative estimate of drug-likeness (QED) is 0.0785. The van der Waals surface area contributed by atoms with Gasteiger partial charge in [0, 0.05) is 70.5 Å². The molecule has 0 radical (unpaired) electrons. The number of carbonyl (C=O) groups excluding carboxylic acids is 5. The van der Waals surface area contributed by atoms with Gasteiger partial charge in [-0.05, 0) is 72.8 Å². The number of urea groups is 1. The first-order valence-electron chi connectivity index (χ1n) is 21.4. The number of hydrogen-bond acceptors (Lipinski definition) is 17. The maximum atomic E-state index is 13.4. The first-order valence-corrected chi connectivity index (χ1v) is 27.0. The molecule has 8 aromatic rings. The number of anilines is 6. The maximum Gasteiger partial charge on any atom is 0.323 e. The van der Waals surface area contributed by atoms with E-state index in [9.17, 15) is 75.9 Å². The summed E-state index contributed by atoms with van der Waals surface area (Å²) in [5, 5.41) is 13.4. The fourth-order valence-corrected chi connectivity index (χ4v) is 11.1. The SMILES string of the molecule is Cn1cc(NC(=O)c2cccc(NC(=O)Nc3cccc(C(=O)Nc4cc(C(=O)Nc5ccc6c(S(=O)(=O)[O-])cccc6c5S(=O)(=O)[O-])n(C)c4)c3)c2)cc1C(=O)Nc1ccc2c(S(=O)(=O)[O-])cccc2c1S(=O)(=O)[O-]. The molecule has 76 heavy (non-hydrogen) atoms. The average Bonchev–Trinajstić information content (AvgIpc) is 3.89. The minimum Gasteiger partial charge on any atom is -0.744 e. The summed E-state index contributed by atoms with van der Waals surface area (Å²) in [5.74, 6) is -3.29. The van der Waals surface area contributed by atoms with Gasteiger partial charge < -0.3 is 59.2 Å². The zero-order chi connectivity index (χ0) is 55.2. The molecule has 0 spiro atoms. The number of hydrogen-bond donors (Lipinski definition) is 6. The molecule has 0 saturated carbocycles. The Morgan fingerprint density at radius 1 is 0.382 bits per heavy atom. The molecule has 0 aliphatic heterocycles.